The molecular weight excluding hydrogens is 436 g/mol. The average Bonchev–Trinajstić information content (AvgIpc) is 2.86. The van der Waals surface area contributed by atoms with Crippen LogP contribution in [0.3, 0.4) is 0 Å². The van der Waals surface area contributed by atoms with E-state index < -0.39 is 10.8 Å². The first kappa shape index (κ1) is 22.9. The standard InChI is InChI=1S/C31H30O4/c1-21-3-2-20-30(22-4-12-26(32)13-5-22,23-6-14-27(33)15-7-23)31(21,24-8-16-28(34)17-9-24)25-10-18-29(35)19-11-25/h4-19,21,32-35H,2-3,20H2,1H3. The van der Waals surface area contributed by atoms with Crippen molar-refractivity contribution in [2.45, 2.75) is 37.0 Å². The first-order valence-corrected chi connectivity index (χ1v) is 12.1. The second-order valence-electron chi connectivity index (χ2n) is 9.69. The zero-order chi connectivity index (χ0) is 24.6. The van der Waals surface area contributed by atoms with Crippen LogP contribution in [0.2, 0.25) is 0 Å². The fraction of sp³-hybridized carbons (Fsp3) is 0.226. The minimum Gasteiger partial charge on any atom is -0.508 e. The molecule has 1 aliphatic rings. The van der Waals surface area contributed by atoms with E-state index in [0.717, 1.165) is 41.5 Å². The Morgan fingerprint density at radius 2 is 0.829 bits per heavy atom. The van der Waals surface area contributed by atoms with Crippen molar-refractivity contribution in [1.29, 1.82) is 0 Å². The maximum Gasteiger partial charge on any atom is 0.115 e. The average molecular weight is 467 g/mol. The van der Waals surface area contributed by atoms with E-state index in [1.165, 1.54) is 0 Å². The highest BCUT2D eigenvalue weighted by Gasteiger charge is 2.59. The lowest BCUT2D eigenvalue weighted by molar-refractivity contribution is 0.144. The third-order valence-electron chi connectivity index (χ3n) is 7.97. The molecule has 0 radical (unpaired) electrons. The van der Waals surface area contributed by atoms with Crippen molar-refractivity contribution in [1.82, 2.24) is 0 Å². The second kappa shape index (κ2) is 8.70. The summed E-state index contributed by atoms with van der Waals surface area (Å²) in [6, 6.07) is 29.8. The molecule has 5 rings (SSSR count). The van der Waals surface area contributed by atoms with Crippen molar-refractivity contribution < 1.29 is 20.4 Å². The van der Waals surface area contributed by atoms with Crippen molar-refractivity contribution in [3.63, 3.8) is 0 Å². The summed E-state index contributed by atoms with van der Waals surface area (Å²) in [5, 5.41) is 40.6. The fourth-order valence-corrected chi connectivity index (χ4v) is 6.59. The molecule has 1 aliphatic carbocycles. The second-order valence-corrected chi connectivity index (χ2v) is 9.69. The van der Waals surface area contributed by atoms with Crippen LogP contribution in [0, 0.1) is 5.92 Å². The number of aromatic hydroxyl groups is 4. The Morgan fingerprint density at radius 1 is 0.514 bits per heavy atom. The predicted octanol–water partition coefficient (Wildman–Crippen LogP) is 6.60. The van der Waals surface area contributed by atoms with Gasteiger partial charge in [0.2, 0.25) is 0 Å². The molecule has 1 atom stereocenters. The molecule has 4 aromatic rings. The number of hydrogen-bond donors (Lipinski definition) is 4. The van der Waals surface area contributed by atoms with Gasteiger partial charge in [-0.2, -0.15) is 0 Å². The Hall–Kier alpha value is -3.92. The van der Waals surface area contributed by atoms with Crippen LogP contribution < -0.4 is 0 Å². The largest absolute Gasteiger partial charge is 0.508 e. The Kier molecular flexibility index (Phi) is 5.68. The normalized spacial score (nSPS) is 18.7. The van der Waals surface area contributed by atoms with E-state index in [1.807, 2.05) is 48.5 Å². The molecule has 0 saturated heterocycles. The van der Waals surface area contributed by atoms with Gasteiger partial charge in [-0.05, 0) is 89.5 Å². The summed E-state index contributed by atoms with van der Waals surface area (Å²) in [5.41, 5.74) is 3.13. The van der Waals surface area contributed by atoms with Crippen molar-refractivity contribution in [2.24, 2.45) is 5.92 Å². The van der Waals surface area contributed by atoms with E-state index >= 15 is 0 Å². The first-order valence-electron chi connectivity index (χ1n) is 12.1. The SMILES string of the molecule is CC1CCCC(c2ccc(O)cc2)(c2ccc(O)cc2)C1(c1ccc(O)cc1)c1ccc(O)cc1. The van der Waals surface area contributed by atoms with Crippen molar-refractivity contribution in [2.75, 3.05) is 0 Å². The summed E-state index contributed by atoms with van der Waals surface area (Å²) in [4.78, 5) is 0. The molecule has 0 aliphatic heterocycles. The third kappa shape index (κ3) is 3.52. The first-order chi connectivity index (χ1) is 16.9. The lowest BCUT2D eigenvalue weighted by Crippen LogP contribution is -2.57. The Morgan fingerprint density at radius 3 is 1.17 bits per heavy atom. The number of benzene rings is 4. The summed E-state index contributed by atoms with van der Waals surface area (Å²) < 4.78 is 0. The van der Waals surface area contributed by atoms with Gasteiger partial charge in [-0.15, -0.1) is 0 Å². The predicted molar refractivity (Wildman–Crippen MR) is 137 cm³/mol. The summed E-state index contributed by atoms with van der Waals surface area (Å²) in [6.07, 6.45) is 2.84. The van der Waals surface area contributed by atoms with Gasteiger partial charge in [0.1, 0.15) is 23.0 Å². The molecule has 1 fully saturated rings. The minimum absolute atomic E-state index is 0.188. The lowest BCUT2D eigenvalue weighted by atomic mass is 9.43. The monoisotopic (exact) mass is 466 g/mol. The van der Waals surface area contributed by atoms with E-state index in [0.29, 0.717) is 0 Å². The van der Waals surface area contributed by atoms with Gasteiger partial charge in [0, 0.05) is 10.8 Å². The highest BCUT2D eigenvalue weighted by molar-refractivity contribution is 5.58. The Bertz CT molecular complexity index is 1200. The molecule has 4 N–H and O–H groups in total. The third-order valence-corrected chi connectivity index (χ3v) is 7.97. The highest BCUT2D eigenvalue weighted by Crippen LogP contribution is 2.62. The lowest BCUT2D eigenvalue weighted by Gasteiger charge is -2.59. The van der Waals surface area contributed by atoms with E-state index in [-0.39, 0.29) is 28.9 Å². The van der Waals surface area contributed by atoms with Gasteiger partial charge >= 0.3 is 0 Å². The quantitative estimate of drug-likeness (QED) is 0.273. The molecule has 4 nitrogen and oxygen atoms in total. The summed E-state index contributed by atoms with van der Waals surface area (Å²) >= 11 is 0. The molecule has 0 aromatic heterocycles. The molecule has 4 heteroatoms. The number of phenols is 4. The smallest absolute Gasteiger partial charge is 0.115 e. The zero-order valence-corrected chi connectivity index (χ0v) is 19.7. The zero-order valence-electron chi connectivity index (χ0n) is 19.7. The molecule has 0 spiro atoms. The summed E-state index contributed by atoms with van der Waals surface area (Å²) in [6.45, 7) is 2.27. The maximum absolute atomic E-state index is 10.1. The van der Waals surface area contributed by atoms with Crippen LogP contribution in [0.5, 0.6) is 23.0 Å². The van der Waals surface area contributed by atoms with Gasteiger partial charge in [-0.1, -0.05) is 61.9 Å². The molecule has 1 unspecified atom stereocenters. The van der Waals surface area contributed by atoms with Gasteiger partial charge in [0.05, 0.1) is 0 Å². The maximum atomic E-state index is 10.1. The summed E-state index contributed by atoms with van der Waals surface area (Å²) in [5.74, 6) is 1.01. The van der Waals surface area contributed by atoms with Crippen molar-refractivity contribution >= 4 is 0 Å². The molecule has 35 heavy (non-hydrogen) atoms. The van der Waals surface area contributed by atoms with Crippen LogP contribution in [-0.2, 0) is 10.8 Å². The molecule has 4 aromatic carbocycles. The molecule has 0 amide bonds. The highest BCUT2D eigenvalue weighted by atomic mass is 16.3. The minimum atomic E-state index is -0.569. The van der Waals surface area contributed by atoms with Crippen molar-refractivity contribution in [3.05, 3.63) is 119 Å². The molecular formula is C31H30O4. The fourth-order valence-electron chi connectivity index (χ4n) is 6.59. The molecule has 1 saturated carbocycles. The van der Waals surface area contributed by atoms with Gasteiger partial charge in [-0.25, -0.2) is 0 Å². The van der Waals surface area contributed by atoms with E-state index in [1.54, 1.807) is 48.5 Å². The van der Waals surface area contributed by atoms with Crippen LogP contribution in [0.15, 0.2) is 97.1 Å². The van der Waals surface area contributed by atoms with Crippen LogP contribution in [-0.4, -0.2) is 20.4 Å². The van der Waals surface area contributed by atoms with Crippen molar-refractivity contribution in [3.8, 4) is 23.0 Å². The van der Waals surface area contributed by atoms with Crippen LogP contribution in [0.1, 0.15) is 48.4 Å². The van der Waals surface area contributed by atoms with Crippen LogP contribution in [0.4, 0.5) is 0 Å². The molecule has 0 heterocycles. The van der Waals surface area contributed by atoms with Crippen LogP contribution >= 0.6 is 0 Å². The number of phenolic OH excluding ortho intramolecular Hbond substituents is 4. The van der Waals surface area contributed by atoms with E-state index in [2.05, 4.69) is 6.92 Å². The molecule has 178 valence electrons. The van der Waals surface area contributed by atoms with Gasteiger partial charge in [0.15, 0.2) is 0 Å². The summed E-state index contributed by atoms with van der Waals surface area (Å²) in [7, 11) is 0. The number of hydrogen-bond acceptors (Lipinski definition) is 4. The van der Waals surface area contributed by atoms with Gasteiger partial charge in [-0.3, -0.25) is 0 Å². The van der Waals surface area contributed by atoms with Gasteiger partial charge < -0.3 is 20.4 Å². The van der Waals surface area contributed by atoms with E-state index in [4.69, 9.17) is 0 Å². The van der Waals surface area contributed by atoms with Crippen LogP contribution in [0.25, 0.3) is 0 Å². The topological polar surface area (TPSA) is 80.9 Å². The Labute approximate surface area is 205 Å². The number of rotatable bonds is 4. The van der Waals surface area contributed by atoms with E-state index in [9.17, 15) is 20.4 Å². The van der Waals surface area contributed by atoms with Gasteiger partial charge in [0.25, 0.3) is 0 Å². The Balaban J connectivity index is 1.95. The molecule has 0 bridgehead atoms.